The topological polar surface area (TPSA) is 56.8 Å². The van der Waals surface area contributed by atoms with E-state index in [2.05, 4.69) is 19.2 Å². The molecule has 0 aliphatic heterocycles. The molecule has 1 aromatic carbocycles. The Kier molecular flexibility index (Phi) is 6.87. The van der Waals surface area contributed by atoms with Crippen LogP contribution in [0.5, 0.6) is 11.5 Å². The van der Waals surface area contributed by atoms with Crippen LogP contribution in [-0.2, 0) is 16.1 Å². The van der Waals surface area contributed by atoms with Gasteiger partial charge in [-0.25, -0.2) is 4.79 Å². The lowest BCUT2D eigenvalue weighted by Gasteiger charge is -2.13. The van der Waals surface area contributed by atoms with E-state index >= 15 is 0 Å². The molecule has 0 saturated heterocycles. The number of benzene rings is 1. The van der Waals surface area contributed by atoms with Crippen LogP contribution in [0, 0.1) is 0 Å². The summed E-state index contributed by atoms with van der Waals surface area (Å²) in [7, 11) is 1.57. The maximum Gasteiger partial charge on any atom is 0.344 e. The van der Waals surface area contributed by atoms with Crippen LogP contribution in [-0.4, -0.2) is 32.3 Å². The molecule has 0 fully saturated rings. The molecule has 20 heavy (non-hydrogen) atoms. The number of hydrogen-bond acceptors (Lipinski definition) is 5. The molecular formula is C15H23NO4. The molecule has 0 atom stereocenters. The van der Waals surface area contributed by atoms with E-state index in [1.54, 1.807) is 14.0 Å². The fourth-order valence-electron chi connectivity index (χ4n) is 1.61. The number of methoxy groups -OCH3 is 1. The molecule has 0 aliphatic rings. The maximum absolute atomic E-state index is 11.3. The number of rotatable bonds is 8. The van der Waals surface area contributed by atoms with Gasteiger partial charge in [0.15, 0.2) is 18.1 Å². The zero-order valence-corrected chi connectivity index (χ0v) is 12.6. The van der Waals surface area contributed by atoms with Crippen LogP contribution in [0.4, 0.5) is 0 Å². The highest BCUT2D eigenvalue weighted by atomic mass is 16.6. The molecule has 0 radical (unpaired) electrons. The summed E-state index contributed by atoms with van der Waals surface area (Å²) in [5.41, 5.74) is 1.07. The van der Waals surface area contributed by atoms with Crippen molar-refractivity contribution < 1.29 is 19.0 Å². The van der Waals surface area contributed by atoms with Crippen molar-refractivity contribution in [2.75, 3.05) is 20.3 Å². The quantitative estimate of drug-likeness (QED) is 0.740. The van der Waals surface area contributed by atoms with E-state index in [1.807, 2.05) is 18.2 Å². The largest absolute Gasteiger partial charge is 0.493 e. The van der Waals surface area contributed by atoms with Crippen LogP contribution in [0.25, 0.3) is 0 Å². The Morgan fingerprint density at radius 1 is 1.30 bits per heavy atom. The molecule has 0 saturated carbocycles. The predicted octanol–water partition coefficient (Wildman–Crippen LogP) is 2.14. The zero-order valence-electron chi connectivity index (χ0n) is 12.6. The van der Waals surface area contributed by atoms with Gasteiger partial charge < -0.3 is 19.5 Å². The van der Waals surface area contributed by atoms with Crippen LogP contribution in [0.3, 0.4) is 0 Å². The van der Waals surface area contributed by atoms with Gasteiger partial charge >= 0.3 is 5.97 Å². The summed E-state index contributed by atoms with van der Waals surface area (Å²) in [5, 5.41) is 3.32. The summed E-state index contributed by atoms with van der Waals surface area (Å²) in [4.78, 5) is 11.3. The first kappa shape index (κ1) is 16.3. The highest BCUT2D eigenvalue weighted by Gasteiger charge is 2.09. The van der Waals surface area contributed by atoms with Gasteiger partial charge in [0.1, 0.15) is 0 Å². The lowest BCUT2D eigenvalue weighted by molar-refractivity contribution is -0.145. The molecule has 0 heterocycles. The van der Waals surface area contributed by atoms with Crippen LogP contribution in [0.2, 0.25) is 0 Å². The van der Waals surface area contributed by atoms with Crippen molar-refractivity contribution >= 4 is 5.97 Å². The third-order valence-corrected chi connectivity index (χ3v) is 2.59. The highest BCUT2D eigenvalue weighted by molar-refractivity contribution is 5.71. The molecule has 0 spiro atoms. The molecule has 0 amide bonds. The summed E-state index contributed by atoms with van der Waals surface area (Å²) < 4.78 is 15.5. The third-order valence-electron chi connectivity index (χ3n) is 2.59. The summed E-state index contributed by atoms with van der Waals surface area (Å²) in [6.07, 6.45) is 0. The van der Waals surface area contributed by atoms with Gasteiger partial charge in [0.2, 0.25) is 0 Å². The van der Waals surface area contributed by atoms with Gasteiger partial charge in [-0.3, -0.25) is 0 Å². The van der Waals surface area contributed by atoms with Crippen LogP contribution >= 0.6 is 0 Å². The van der Waals surface area contributed by atoms with Crippen molar-refractivity contribution in [1.29, 1.82) is 0 Å². The van der Waals surface area contributed by atoms with Gasteiger partial charge in [0.25, 0.3) is 0 Å². The number of ether oxygens (including phenoxy) is 3. The van der Waals surface area contributed by atoms with Crippen molar-refractivity contribution in [3.8, 4) is 11.5 Å². The molecule has 0 bridgehead atoms. The monoisotopic (exact) mass is 281 g/mol. The molecule has 1 N–H and O–H groups in total. The molecule has 112 valence electrons. The Bertz CT molecular complexity index is 432. The minimum Gasteiger partial charge on any atom is -0.493 e. The Hall–Kier alpha value is -1.75. The summed E-state index contributed by atoms with van der Waals surface area (Å²) in [5.74, 6) is 0.756. The lowest BCUT2D eigenvalue weighted by Crippen LogP contribution is -2.21. The van der Waals surface area contributed by atoms with E-state index in [1.165, 1.54) is 0 Å². The van der Waals surface area contributed by atoms with Crippen molar-refractivity contribution in [3.05, 3.63) is 23.8 Å². The summed E-state index contributed by atoms with van der Waals surface area (Å²) in [6, 6.07) is 6.07. The molecule has 1 rings (SSSR count). The highest BCUT2D eigenvalue weighted by Crippen LogP contribution is 2.28. The van der Waals surface area contributed by atoms with Crippen molar-refractivity contribution in [2.24, 2.45) is 0 Å². The van der Waals surface area contributed by atoms with Crippen molar-refractivity contribution in [3.63, 3.8) is 0 Å². The molecular weight excluding hydrogens is 258 g/mol. The second-order valence-electron chi connectivity index (χ2n) is 4.61. The molecule has 0 unspecified atom stereocenters. The Labute approximate surface area is 120 Å². The normalized spacial score (nSPS) is 10.4. The van der Waals surface area contributed by atoms with Gasteiger partial charge in [0, 0.05) is 12.6 Å². The minimum atomic E-state index is -0.389. The van der Waals surface area contributed by atoms with E-state index in [4.69, 9.17) is 14.2 Å². The third kappa shape index (κ3) is 5.48. The van der Waals surface area contributed by atoms with Gasteiger partial charge in [-0.1, -0.05) is 19.9 Å². The SMILES string of the molecule is CCOC(=O)COc1cc(CNC(C)C)ccc1OC. The number of hydrogen-bond donors (Lipinski definition) is 1. The van der Waals surface area contributed by atoms with Gasteiger partial charge in [-0.2, -0.15) is 0 Å². The van der Waals surface area contributed by atoms with Crippen LogP contribution in [0.15, 0.2) is 18.2 Å². The molecule has 5 heteroatoms. The lowest BCUT2D eigenvalue weighted by atomic mass is 10.2. The summed E-state index contributed by atoms with van der Waals surface area (Å²) >= 11 is 0. The molecule has 0 aliphatic carbocycles. The number of esters is 1. The Balaban J connectivity index is 2.70. The Morgan fingerprint density at radius 3 is 2.65 bits per heavy atom. The fraction of sp³-hybridized carbons (Fsp3) is 0.533. The van der Waals surface area contributed by atoms with Crippen LogP contribution < -0.4 is 14.8 Å². The first-order valence-electron chi connectivity index (χ1n) is 6.75. The van der Waals surface area contributed by atoms with Gasteiger partial charge in [0.05, 0.1) is 13.7 Å². The minimum absolute atomic E-state index is 0.120. The van der Waals surface area contributed by atoms with E-state index in [9.17, 15) is 4.79 Å². The van der Waals surface area contributed by atoms with E-state index < -0.39 is 0 Å². The second-order valence-corrected chi connectivity index (χ2v) is 4.61. The molecule has 5 nitrogen and oxygen atoms in total. The average Bonchev–Trinajstić information content (AvgIpc) is 2.43. The molecule has 0 aromatic heterocycles. The second kappa shape index (κ2) is 8.43. The predicted molar refractivity (Wildman–Crippen MR) is 77.1 cm³/mol. The first-order valence-corrected chi connectivity index (χ1v) is 6.75. The van der Waals surface area contributed by atoms with E-state index in [0.29, 0.717) is 24.1 Å². The number of carbonyl (C=O) groups is 1. The fourth-order valence-corrected chi connectivity index (χ4v) is 1.61. The first-order chi connectivity index (χ1) is 9.56. The van der Waals surface area contributed by atoms with Gasteiger partial charge in [-0.05, 0) is 24.6 Å². The van der Waals surface area contributed by atoms with Crippen molar-refractivity contribution in [2.45, 2.75) is 33.4 Å². The van der Waals surface area contributed by atoms with Gasteiger partial charge in [-0.15, -0.1) is 0 Å². The zero-order chi connectivity index (χ0) is 15.0. The smallest absolute Gasteiger partial charge is 0.344 e. The van der Waals surface area contributed by atoms with E-state index in [-0.39, 0.29) is 12.6 Å². The van der Waals surface area contributed by atoms with Crippen molar-refractivity contribution in [1.82, 2.24) is 5.32 Å². The van der Waals surface area contributed by atoms with E-state index in [0.717, 1.165) is 12.1 Å². The number of nitrogens with one attached hydrogen (secondary N) is 1. The maximum atomic E-state index is 11.3. The average molecular weight is 281 g/mol. The molecule has 1 aromatic rings. The standard InChI is InChI=1S/C15H23NO4/c1-5-19-15(17)10-20-14-8-12(9-16-11(2)3)6-7-13(14)18-4/h6-8,11,16H,5,9-10H2,1-4H3. The van der Waals surface area contributed by atoms with Crippen LogP contribution in [0.1, 0.15) is 26.3 Å². The summed E-state index contributed by atoms with van der Waals surface area (Å²) in [6.45, 7) is 6.89. The Morgan fingerprint density at radius 2 is 2.05 bits per heavy atom. The number of carbonyl (C=O) groups excluding carboxylic acids is 1.